The summed E-state index contributed by atoms with van der Waals surface area (Å²) in [5.74, 6) is 2.60. The minimum atomic E-state index is 0.208. The van der Waals surface area contributed by atoms with Crippen molar-refractivity contribution in [1.82, 2.24) is 4.90 Å². The SMILES string of the molecule is C=CCN1CCC23c4cccc(OC)c4OC2CCCC3C1. The Labute approximate surface area is 132 Å². The zero-order valence-corrected chi connectivity index (χ0v) is 13.4. The number of benzene rings is 1. The summed E-state index contributed by atoms with van der Waals surface area (Å²) in [4.78, 5) is 2.55. The molecule has 0 N–H and O–H groups in total. The van der Waals surface area contributed by atoms with E-state index in [0.29, 0.717) is 12.0 Å². The number of piperidine rings is 1. The predicted octanol–water partition coefficient (Wildman–Crippen LogP) is 3.39. The average molecular weight is 299 g/mol. The molecule has 3 atom stereocenters. The van der Waals surface area contributed by atoms with E-state index in [1.54, 1.807) is 7.11 Å². The van der Waals surface area contributed by atoms with E-state index in [4.69, 9.17) is 9.47 Å². The van der Waals surface area contributed by atoms with Gasteiger partial charge in [-0.25, -0.2) is 0 Å². The topological polar surface area (TPSA) is 21.7 Å². The minimum absolute atomic E-state index is 0.208. The largest absolute Gasteiger partial charge is 0.493 e. The molecular weight excluding hydrogens is 274 g/mol. The van der Waals surface area contributed by atoms with Crippen LogP contribution in [0.4, 0.5) is 0 Å². The van der Waals surface area contributed by atoms with Crippen LogP contribution >= 0.6 is 0 Å². The molecule has 118 valence electrons. The molecule has 3 unspecified atom stereocenters. The fourth-order valence-corrected chi connectivity index (χ4v) is 5.04. The minimum Gasteiger partial charge on any atom is -0.493 e. The number of hydrogen-bond donors (Lipinski definition) is 0. The first kappa shape index (κ1) is 14.1. The van der Waals surface area contributed by atoms with Crippen LogP contribution in [0, 0.1) is 5.92 Å². The van der Waals surface area contributed by atoms with E-state index in [1.807, 2.05) is 12.1 Å². The van der Waals surface area contributed by atoms with Gasteiger partial charge in [0.25, 0.3) is 0 Å². The van der Waals surface area contributed by atoms with Gasteiger partial charge in [-0.15, -0.1) is 6.58 Å². The molecule has 2 aliphatic heterocycles. The highest BCUT2D eigenvalue weighted by Crippen LogP contribution is 2.58. The van der Waals surface area contributed by atoms with E-state index in [9.17, 15) is 0 Å². The summed E-state index contributed by atoms with van der Waals surface area (Å²) in [5, 5.41) is 0. The lowest BCUT2D eigenvalue weighted by molar-refractivity contribution is -0.00408. The Morgan fingerprint density at radius 2 is 2.36 bits per heavy atom. The monoisotopic (exact) mass is 299 g/mol. The van der Waals surface area contributed by atoms with E-state index in [0.717, 1.165) is 24.6 Å². The smallest absolute Gasteiger partial charge is 0.165 e. The molecule has 4 rings (SSSR count). The summed E-state index contributed by atoms with van der Waals surface area (Å²) < 4.78 is 12.0. The van der Waals surface area contributed by atoms with Crippen molar-refractivity contribution in [3.05, 3.63) is 36.4 Å². The number of ether oxygens (including phenoxy) is 2. The van der Waals surface area contributed by atoms with Crippen LogP contribution < -0.4 is 9.47 Å². The molecule has 3 heteroatoms. The van der Waals surface area contributed by atoms with Crippen molar-refractivity contribution in [1.29, 1.82) is 0 Å². The maximum atomic E-state index is 6.42. The van der Waals surface area contributed by atoms with Crippen molar-refractivity contribution in [3.63, 3.8) is 0 Å². The van der Waals surface area contributed by atoms with Crippen molar-refractivity contribution >= 4 is 0 Å². The van der Waals surface area contributed by atoms with E-state index in [1.165, 1.54) is 37.8 Å². The first-order valence-electron chi connectivity index (χ1n) is 8.47. The van der Waals surface area contributed by atoms with Gasteiger partial charge >= 0.3 is 0 Å². The summed E-state index contributed by atoms with van der Waals surface area (Å²) in [5.41, 5.74) is 1.61. The van der Waals surface area contributed by atoms with Crippen molar-refractivity contribution in [2.24, 2.45) is 5.92 Å². The lowest BCUT2D eigenvalue weighted by atomic mass is 9.58. The van der Waals surface area contributed by atoms with Gasteiger partial charge in [-0.3, -0.25) is 4.90 Å². The lowest BCUT2D eigenvalue weighted by Gasteiger charge is -2.50. The predicted molar refractivity (Wildman–Crippen MR) is 87.7 cm³/mol. The normalized spacial score (nSPS) is 33.3. The molecule has 3 aliphatic rings. The summed E-state index contributed by atoms with van der Waals surface area (Å²) in [6, 6.07) is 6.42. The Kier molecular flexibility index (Phi) is 3.41. The molecule has 2 fully saturated rings. The molecule has 2 heterocycles. The molecule has 0 amide bonds. The van der Waals surface area contributed by atoms with Crippen LogP contribution in [0.15, 0.2) is 30.9 Å². The maximum absolute atomic E-state index is 6.42. The van der Waals surface area contributed by atoms with E-state index >= 15 is 0 Å². The molecule has 0 bridgehead atoms. The Balaban J connectivity index is 1.75. The van der Waals surface area contributed by atoms with Gasteiger partial charge in [0.1, 0.15) is 6.10 Å². The Bertz CT molecular complexity index is 585. The van der Waals surface area contributed by atoms with Gasteiger partial charge in [0.15, 0.2) is 11.5 Å². The first-order valence-corrected chi connectivity index (χ1v) is 8.47. The second-order valence-corrected chi connectivity index (χ2v) is 6.91. The van der Waals surface area contributed by atoms with Crippen LogP contribution in [0.5, 0.6) is 11.5 Å². The molecule has 3 nitrogen and oxygen atoms in total. The molecule has 1 aliphatic carbocycles. The van der Waals surface area contributed by atoms with Gasteiger partial charge in [-0.1, -0.05) is 18.2 Å². The standard InChI is InChI=1S/C19H25NO2/c1-3-11-20-12-10-19-14(13-20)6-4-9-17(19)22-18-15(19)7-5-8-16(18)21-2/h3,5,7-8,14,17H,1,4,6,9-13H2,2H3. The van der Waals surface area contributed by atoms with Crippen LogP contribution in [-0.4, -0.2) is 37.7 Å². The number of methoxy groups -OCH3 is 1. The molecule has 1 aromatic rings. The van der Waals surface area contributed by atoms with Crippen LogP contribution in [0.1, 0.15) is 31.2 Å². The number of nitrogens with zero attached hydrogens (tertiary/aromatic N) is 1. The summed E-state index contributed by atoms with van der Waals surface area (Å²) >= 11 is 0. The number of fused-ring (bicyclic) bond motifs is 1. The number of hydrogen-bond acceptors (Lipinski definition) is 3. The zero-order valence-electron chi connectivity index (χ0n) is 13.4. The summed E-state index contributed by atoms with van der Waals surface area (Å²) in [6.45, 7) is 7.21. The van der Waals surface area contributed by atoms with Gasteiger partial charge in [-0.2, -0.15) is 0 Å². The maximum Gasteiger partial charge on any atom is 0.165 e. The van der Waals surface area contributed by atoms with E-state index in [2.05, 4.69) is 23.6 Å². The highest BCUT2D eigenvalue weighted by Gasteiger charge is 2.57. The number of para-hydroxylation sites is 1. The van der Waals surface area contributed by atoms with Crippen LogP contribution in [0.2, 0.25) is 0 Å². The van der Waals surface area contributed by atoms with Crippen molar-refractivity contribution < 1.29 is 9.47 Å². The fourth-order valence-electron chi connectivity index (χ4n) is 5.04. The third-order valence-corrected chi connectivity index (χ3v) is 5.99. The molecule has 1 spiro atoms. The highest BCUT2D eigenvalue weighted by molar-refractivity contribution is 5.55. The van der Waals surface area contributed by atoms with Crippen molar-refractivity contribution in [2.75, 3.05) is 26.7 Å². The van der Waals surface area contributed by atoms with E-state index in [-0.39, 0.29) is 5.41 Å². The van der Waals surface area contributed by atoms with Gasteiger partial charge in [0, 0.05) is 24.1 Å². The zero-order chi connectivity index (χ0) is 15.2. The van der Waals surface area contributed by atoms with Gasteiger partial charge in [0.05, 0.1) is 7.11 Å². The second kappa shape index (κ2) is 5.31. The quantitative estimate of drug-likeness (QED) is 0.799. The average Bonchev–Trinajstić information content (AvgIpc) is 2.88. The Morgan fingerprint density at radius 1 is 1.45 bits per heavy atom. The fraction of sp³-hybridized carbons (Fsp3) is 0.579. The van der Waals surface area contributed by atoms with Gasteiger partial charge in [-0.05, 0) is 44.2 Å². The Morgan fingerprint density at radius 3 is 3.18 bits per heavy atom. The third-order valence-electron chi connectivity index (χ3n) is 5.99. The molecule has 1 aromatic carbocycles. The highest BCUT2D eigenvalue weighted by atomic mass is 16.5. The van der Waals surface area contributed by atoms with Crippen LogP contribution in [0.3, 0.4) is 0 Å². The molecule has 0 aromatic heterocycles. The Hall–Kier alpha value is -1.48. The first-order chi connectivity index (χ1) is 10.8. The van der Waals surface area contributed by atoms with Crippen LogP contribution in [-0.2, 0) is 5.41 Å². The third kappa shape index (κ3) is 1.84. The second-order valence-electron chi connectivity index (χ2n) is 6.91. The molecule has 0 radical (unpaired) electrons. The molecule has 22 heavy (non-hydrogen) atoms. The van der Waals surface area contributed by atoms with Gasteiger partial charge < -0.3 is 9.47 Å². The number of rotatable bonds is 3. The molecular formula is C19H25NO2. The lowest BCUT2D eigenvalue weighted by Crippen LogP contribution is -2.56. The summed E-state index contributed by atoms with van der Waals surface area (Å²) in [6.07, 6.45) is 7.31. The number of likely N-dealkylation sites (tertiary alicyclic amines) is 1. The van der Waals surface area contributed by atoms with Crippen molar-refractivity contribution in [2.45, 2.75) is 37.2 Å². The summed E-state index contributed by atoms with van der Waals surface area (Å²) in [7, 11) is 1.74. The molecule has 1 saturated heterocycles. The molecule has 1 saturated carbocycles. The van der Waals surface area contributed by atoms with Crippen molar-refractivity contribution in [3.8, 4) is 11.5 Å². The van der Waals surface area contributed by atoms with Crippen LogP contribution in [0.25, 0.3) is 0 Å². The van der Waals surface area contributed by atoms with Gasteiger partial charge in [0.2, 0.25) is 0 Å². The van der Waals surface area contributed by atoms with E-state index < -0.39 is 0 Å².